The summed E-state index contributed by atoms with van der Waals surface area (Å²) in [5.41, 5.74) is 3.73. The van der Waals surface area contributed by atoms with Gasteiger partial charge in [-0.2, -0.15) is 0 Å². The van der Waals surface area contributed by atoms with Gasteiger partial charge in [-0.25, -0.2) is 4.79 Å². The van der Waals surface area contributed by atoms with E-state index in [1.54, 1.807) is 6.07 Å². The van der Waals surface area contributed by atoms with Gasteiger partial charge < -0.3 is 5.11 Å². The van der Waals surface area contributed by atoms with E-state index in [2.05, 4.69) is 4.98 Å². The number of hydrogen-bond acceptors (Lipinski definition) is 2. The molecule has 2 aromatic rings. The van der Waals surface area contributed by atoms with Crippen molar-refractivity contribution in [3.05, 3.63) is 52.2 Å². The van der Waals surface area contributed by atoms with Crippen molar-refractivity contribution in [1.82, 2.24) is 4.98 Å². The first-order valence-corrected chi connectivity index (χ1v) is 6.95. The first-order valence-electron chi connectivity index (χ1n) is 6.57. The van der Waals surface area contributed by atoms with Crippen LogP contribution >= 0.6 is 11.6 Å². The summed E-state index contributed by atoms with van der Waals surface area (Å²) in [6.07, 6.45) is 2.05. The van der Waals surface area contributed by atoms with Crippen LogP contribution in [0.25, 0.3) is 11.3 Å². The summed E-state index contributed by atoms with van der Waals surface area (Å²) in [5, 5.41) is 9.98. The number of aromatic nitrogens is 1. The van der Waals surface area contributed by atoms with E-state index in [9.17, 15) is 9.90 Å². The van der Waals surface area contributed by atoms with Gasteiger partial charge in [-0.15, -0.1) is 0 Å². The molecule has 1 aromatic heterocycles. The molecule has 0 unspecified atom stereocenters. The maximum atomic E-state index is 11.3. The van der Waals surface area contributed by atoms with Gasteiger partial charge in [0, 0.05) is 16.5 Å². The summed E-state index contributed by atoms with van der Waals surface area (Å²) in [6.45, 7) is 1.89. The highest BCUT2D eigenvalue weighted by Gasteiger charge is 2.30. The Morgan fingerprint density at radius 2 is 1.95 bits per heavy atom. The van der Waals surface area contributed by atoms with E-state index in [0.29, 0.717) is 22.2 Å². The molecule has 0 saturated heterocycles. The highest BCUT2D eigenvalue weighted by molar-refractivity contribution is 6.30. The van der Waals surface area contributed by atoms with Crippen molar-refractivity contribution in [3.8, 4) is 11.3 Å². The standard InChI is InChI=1S/C16H14ClNO2/c1-9-8-13(16(19)20)15(11-2-3-11)18-14(9)10-4-6-12(17)7-5-10/h4-8,11H,2-3H2,1H3,(H,19,20). The molecule has 1 aromatic carbocycles. The second-order valence-corrected chi connectivity index (χ2v) is 5.61. The molecule has 3 rings (SSSR count). The molecule has 0 spiro atoms. The third-order valence-electron chi connectivity index (χ3n) is 3.55. The Hall–Kier alpha value is -1.87. The molecule has 1 N–H and O–H groups in total. The topological polar surface area (TPSA) is 50.2 Å². The van der Waals surface area contributed by atoms with Crippen LogP contribution in [0.3, 0.4) is 0 Å². The molecule has 1 saturated carbocycles. The van der Waals surface area contributed by atoms with Gasteiger partial charge in [0.05, 0.1) is 17.0 Å². The van der Waals surface area contributed by atoms with Gasteiger partial charge in [0.2, 0.25) is 0 Å². The fourth-order valence-electron chi connectivity index (χ4n) is 2.37. The largest absolute Gasteiger partial charge is 0.478 e. The number of aromatic carboxylic acids is 1. The lowest BCUT2D eigenvalue weighted by Gasteiger charge is -2.11. The molecule has 1 aliphatic rings. The number of aryl methyl sites for hydroxylation is 1. The van der Waals surface area contributed by atoms with Crippen molar-refractivity contribution in [2.24, 2.45) is 0 Å². The van der Waals surface area contributed by atoms with Crippen LogP contribution in [0.4, 0.5) is 0 Å². The van der Waals surface area contributed by atoms with E-state index in [-0.39, 0.29) is 0 Å². The van der Waals surface area contributed by atoms with Crippen LogP contribution in [0.5, 0.6) is 0 Å². The molecule has 1 heterocycles. The minimum Gasteiger partial charge on any atom is -0.478 e. The predicted octanol–water partition coefficient (Wildman–Crippen LogP) is 4.29. The molecule has 0 amide bonds. The first kappa shape index (κ1) is 13.1. The number of nitrogens with zero attached hydrogens (tertiary/aromatic N) is 1. The summed E-state index contributed by atoms with van der Waals surface area (Å²) in [5.74, 6) is -0.599. The smallest absolute Gasteiger partial charge is 0.337 e. The number of carboxylic acids is 1. The van der Waals surface area contributed by atoms with E-state index < -0.39 is 5.97 Å². The lowest BCUT2D eigenvalue weighted by atomic mass is 10.0. The highest BCUT2D eigenvalue weighted by atomic mass is 35.5. The number of carboxylic acid groups (broad SMARTS) is 1. The molecule has 102 valence electrons. The van der Waals surface area contributed by atoms with Gasteiger partial charge in [0.1, 0.15) is 0 Å². The summed E-state index contributed by atoms with van der Waals surface area (Å²) in [4.78, 5) is 16.0. The normalized spacial score (nSPS) is 14.3. The number of hydrogen-bond donors (Lipinski definition) is 1. The third-order valence-corrected chi connectivity index (χ3v) is 3.81. The Bertz CT molecular complexity index is 676. The molecule has 4 heteroatoms. The van der Waals surface area contributed by atoms with Gasteiger partial charge >= 0.3 is 5.97 Å². The van der Waals surface area contributed by atoms with Gasteiger partial charge in [-0.05, 0) is 43.5 Å². The summed E-state index contributed by atoms with van der Waals surface area (Å²) in [6, 6.07) is 9.19. The fourth-order valence-corrected chi connectivity index (χ4v) is 2.49. The summed E-state index contributed by atoms with van der Waals surface area (Å²) >= 11 is 5.90. The van der Waals surface area contributed by atoms with Crippen LogP contribution < -0.4 is 0 Å². The molecule has 1 fully saturated rings. The molecular weight excluding hydrogens is 274 g/mol. The zero-order valence-corrected chi connectivity index (χ0v) is 11.8. The van der Waals surface area contributed by atoms with Gasteiger partial charge in [0.15, 0.2) is 0 Å². The SMILES string of the molecule is Cc1cc(C(=O)O)c(C2CC2)nc1-c1ccc(Cl)cc1. The monoisotopic (exact) mass is 287 g/mol. The molecule has 1 aliphatic carbocycles. The van der Waals surface area contributed by atoms with Crippen LogP contribution in [-0.4, -0.2) is 16.1 Å². The Morgan fingerprint density at radius 3 is 2.50 bits per heavy atom. The molecule has 0 atom stereocenters. The van der Waals surface area contributed by atoms with Crippen molar-refractivity contribution in [2.75, 3.05) is 0 Å². The quantitative estimate of drug-likeness (QED) is 0.916. The highest BCUT2D eigenvalue weighted by Crippen LogP contribution is 2.42. The van der Waals surface area contributed by atoms with Crippen molar-refractivity contribution in [2.45, 2.75) is 25.7 Å². The van der Waals surface area contributed by atoms with E-state index in [0.717, 1.165) is 29.7 Å². The molecule has 3 nitrogen and oxygen atoms in total. The lowest BCUT2D eigenvalue weighted by molar-refractivity contribution is 0.0695. The number of benzene rings is 1. The van der Waals surface area contributed by atoms with Crippen LogP contribution in [0.2, 0.25) is 5.02 Å². The summed E-state index contributed by atoms with van der Waals surface area (Å²) < 4.78 is 0. The minimum atomic E-state index is -0.898. The predicted molar refractivity (Wildman–Crippen MR) is 78.4 cm³/mol. The maximum Gasteiger partial charge on any atom is 0.337 e. The average molecular weight is 288 g/mol. The van der Waals surface area contributed by atoms with E-state index in [4.69, 9.17) is 11.6 Å². The molecule has 0 radical (unpaired) electrons. The van der Waals surface area contributed by atoms with Crippen LogP contribution in [0, 0.1) is 6.92 Å². The molecule has 0 aliphatic heterocycles. The van der Waals surface area contributed by atoms with Crippen LogP contribution in [0.1, 0.15) is 40.4 Å². The van der Waals surface area contributed by atoms with E-state index >= 15 is 0 Å². The second-order valence-electron chi connectivity index (χ2n) is 5.17. The van der Waals surface area contributed by atoms with Gasteiger partial charge in [-0.3, -0.25) is 4.98 Å². The van der Waals surface area contributed by atoms with Gasteiger partial charge in [-0.1, -0.05) is 23.7 Å². The van der Waals surface area contributed by atoms with Crippen LogP contribution in [-0.2, 0) is 0 Å². The zero-order valence-electron chi connectivity index (χ0n) is 11.1. The minimum absolute atomic E-state index is 0.299. The lowest BCUT2D eigenvalue weighted by Crippen LogP contribution is -2.06. The Labute approximate surface area is 122 Å². The van der Waals surface area contributed by atoms with Crippen molar-refractivity contribution < 1.29 is 9.90 Å². The summed E-state index contributed by atoms with van der Waals surface area (Å²) in [7, 11) is 0. The third kappa shape index (κ3) is 2.41. The molecule has 20 heavy (non-hydrogen) atoms. The Morgan fingerprint density at radius 1 is 1.30 bits per heavy atom. The number of pyridine rings is 1. The number of carbonyl (C=O) groups is 1. The average Bonchev–Trinajstić information content (AvgIpc) is 3.24. The van der Waals surface area contributed by atoms with Crippen molar-refractivity contribution >= 4 is 17.6 Å². The first-order chi connectivity index (χ1) is 9.56. The fraction of sp³-hybridized carbons (Fsp3) is 0.250. The Balaban J connectivity index is 2.14. The maximum absolute atomic E-state index is 11.3. The molecule has 0 bridgehead atoms. The van der Waals surface area contributed by atoms with E-state index in [1.165, 1.54) is 0 Å². The van der Waals surface area contributed by atoms with Gasteiger partial charge in [0.25, 0.3) is 0 Å². The van der Waals surface area contributed by atoms with Crippen molar-refractivity contribution in [1.29, 1.82) is 0 Å². The van der Waals surface area contributed by atoms with E-state index in [1.807, 2.05) is 31.2 Å². The number of halogens is 1. The second kappa shape index (κ2) is 4.91. The zero-order chi connectivity index (χ0) is 14.3. The van der Waals surface area contributed by atoms with Crippen molar-refractivity contribution in [3.63, 3.8) is 0 Å². The number of rotatable bonds is 3. The Kier molecular flexibility index (Phi) is 3.22. The van der Waals surface area contributed by atoms with Crippen LogP contribution in [0.15, 0.2) is 30.3 Å². The molecular formula is C16H14ClNO2.